The van der Waals surface area contributed by atoms with Gasteiger partial charge in [-0.05, 0) is 47.5 Å². The second-order valence-corrected chi connectivity index (χ2v) is 9.15. The lowest BCUT2D eigenvalue weighted by molar-refractivity contribution is 0.324. The fraction of sp³-hybridized carbons (Fsp3) is 0.200. The first kappa shape index (κ1) is 25.0. The Balaban J connectivity index is 2.07. The van der Waals surface area contributed by atoms with Gasteiger partial charge in [-0.25, -0.2) is 17.2 Å². The topological polar surface area (TPSA) is 71.1 Å². The van der Waals surface area contributed by atoms with Gasteiger partial charge >= 0.3 is 0 Å². The number of benzene rings is 3. The Hall–Kier alpha value is -3.59. The van der Waals surface area contributed by atoms with Crippen molar-refractivity contribution in [1.82, 2.24) is 0 Å². The maximum atomic E-state index is 15.2. The largest absolute Gasteiger partial charge is 0.494 e. The van der Waals surface area contributed by atoms with Crippen molar-refractivity contribution in [2.75, 3.05) is 28.4 Å². The van der Waals surface area contributed by atoms with Gasteiger partial charge in [-0.3, -0.25) is 0 Å². The van der Waals surface area contributed by atoms with Gasteiger partial charge in [0.1, 0.15) is 5.82 Å². The Bertz CT molecular complexity index is 1290. The summed E-state index contributed by atoms with van der Waals surface area (Å²) in [5, 5.41) is 0. The lowest BCUT2D eigenvalue weighted by Crippen LogP contribution is -2.09. The van der Waals surface area contributed by atoms with Crippen LogP contribution >= 0.6 is 0 Å². The summed E-state index contributed by atoms with van der Waals surface area (Å²) >= 11 is 0. The van der Waals surface area contributed by atoms with E-state index in [0.29, 0.717) is 28.4 Å². The van der Waals surface area contributed by atoms with Gasteiger partial charge in [0.2, 0.25) is 5.75 Å². The SMILES string of the molecule is COc1ccc(/C=C\c2cc(OC)c(OC)c(OC)c2)c(CS(=O)(=O)c2cccc(F)c2)c1F. The third kappa shape index (κ3) is 5.31. The summed E-state index contributed by atoms with van der Waals surface area (Å²) in [5.74, 6) is -1.03. The van der Waals surface area contributed by atoms with Crippen LogP contribution in [0.25, 0.3) is 12.2 Å². The van der Waals surface area contributed by atoms with Crippen molar-refractivity contribution < 1.29 is 36.1 Å². The molecule has 0 fully saturated rings. The van der Waals surface area contributed by atoms with Gasteiger partial charge < -0.3 is 18.9 Å². The van der Waals surface area contributed by atoms with Crippen LogP contribution in [0.5, 0.6) is 23.0 Å². The van der Waals surface area contributed by atoms with E-state index in [1.54, 1.807) is 30.4 Å². The highest BCUT2D eigenvalue weighted by Gasteiger charge is 2.22. The van der Waals surface area contributed by atoms with E-state index in [9.17, 15) is 12.8 Å². The standard InChI is InChI=1S/C25H24F2O6S/c1-30-21-11-10-17(9-8-16-12-22(31-2)25(33-4)23(13-16)32-3)20(24(21)27)15-34(28,29)19-7-5-6-18(26)14-19/h5-14H,15H2,1-4H3/b9-8-. The van der Waals surface area contributed by atoms with Gasteiger partial charge in [-0.15, -0.1) is 0 Å². The predicted molar refractivity (Wildman–Crippen MR) is 125 cm³/mol. The van der Waals surface area contributed by atoms with Gasteiger partial charge in [-0.1, -0.05) is 24.3 Å². The molecule has 0 aromatic heterocycles. The molecule has 180 valence electrons. The van der Waals surface area contributed by atoms with E-state index in [4.69, 9.17) is 18.9 Å². The number of rotatable bonds is 9. The molecule has 0 amide bonds. The molecule has 0 heterocycles. The summed E-state index contributed by atoms with van der Waals surface area (Å²) < 4.78 is 75.6. The van der Waals surface area contributed by atoms with Crippen molar-refractivity contribution in [3.05, 3.63) is 76.9 Å². The lowest BCUT2D eigenvalue weighted by Gasteiger charge is -2.13. The molecular weight excluding hydrogens is 466 g/mol. The minimum absolute atomic E-state index is 0.102. The van der Waals surface area contributed by atoms with Crippen LogP contribution in [0.15, 0.2) is 53.4 Å². The first-order chi connectivity index (χ1) is 16.2. The van der Waals surface area contributed by atoms with Crippen LogP contribution in [0.4, 0.5) is 8.78 Å². The fourth-order valence-corrected chi connectivity index (χ4v) is 4.81. The summed E-state index contributed by atoms with van der Waals surface area (Å²) in [6, 6.07) is 10.9. The molecule has 34 heavy (non-hydrogen) atoms. The van der Waals surface area contributed by atoms with Crippen LogP contribution in [-0.4, -0.2) is 36.9 Å². The zero-order chi connectivity index (χ0) is 24.9. The fourth-order valence-electron chi connectivity index (χ4n) is 3.39. The maximum absolute atomic E-state index is 15.2. The first-order valence-corrected chi connectivity index (χ1v) is 11.7. The molecule has 3 rings (SSSR count). The van der Waals surface area contributed by atoms with Crippen molar-refractivity contribution in [3.63, 3.8) is 0 Å². The van der Waals surface area contributed by atoms with E-state index in [1.165, 1.54) is 46.6 Å². The van der Waals surface area contributed by atoms with Crippen molar-refractivity contribution >= 4 is 22.0 Å². The van der Waals surface area contributed by atoms with Crippen molar-refractivity contribution in [2.24, 2.45) is 0 Å². The number of halogens is 2. The number of sulfone groups is 1. The molecule has 0 radical (unpaired) electrons. The smallest absolute Gasteiger partial charge is 0.203 e. The van der Waals surface area contributed by atoms with Gasteiger partial charge in [-0.2, -0.15) is 0 Å². The molecule has 0 saturated heterocycles. The summed E-state index contributed by atoms with van der Waals surface area (Å²) in [5.41, 5.74) is 0.851. The predicted octanol–water partition coefficient (Wildman–Crippen LogP) is 5.14. The normalized spacial score (nSPS) is 11.5. The third-order valence-corrected chi connectivity index (χ3v) is 6.74. The quantitative estimate of drug-likeness (QED) is 0.387. The van der Waals surface area contributed by atoms with Crippen molar-refractivity contribution in [2.45, 2.75) is 10.6 Å². The summed E-state index contributed by atoms with van der Waals surface area (Å²) in [6.07, 6.45) is 3.23. The lowest BCUT2D eigenvalue weighted by atomic mass is 10.1. The van der Waals surface area contributed by atoms with E-state index < -0.39 is 27.2 Å². The highest BCUT2D eigenvalue weighted by Crippen LogP contribution is 2.39. The zero-order valence-corrected chi connectivity index (χ0v) is 19.9. The van der Waals surface area contributed by atoms with Gasteiger partial charge in [0.05, 0.1) is 39.1 Å². The van der Waals surface area contributed by atoms with Crippen LogP contribution < -0.4 is 18.9 Å². The molecule has 6 nitrogen and oxygen atoms in total. The molecule has 0 spiro atoms. The van der Waals surface area contributed by atoms with Crippen LogP contribution in [0.2, 0.25) is 0 Å². The van der Waals surface area contributed by atoms with Crippen LogP contribution in [0.1, 0.15) is 16.7 Å². The Morgan fingerprint density at radius 1 is 0.794 bits per heavy atom. The second kappa shape index (κ2) is 10.6. The van der Waals surface area contributed by atoms with Crippen molar-refractivity contribution in [1.29, 1.82) is 0 Å². The maximum Gasteiger partial charge on any atom is 0.203 e. The molecule has 0 aliphatic carbocycles. The Kier molecular flexibility index (Phi) is 7.78. The molecule has 0 aliphatic rings. The molecule has 0 aliphatic heterocycles. The highest BCUT2D eigenvalue weighted by molar-refractivity contribution is 7.90. The number of hydrogen-bond donors (Lipinski definition) is 0. The van der Waals surface area contributed by atoms with Crippen LogP contribution in [-0.2, 0) is 15.6 Å². The highest BCUT2D eigenvalue weighted by atomic mass is 32.2. The second-order valence-electron chi connectivity index (χ2n) is 7.16. The number of hydrogen-bond acceptors (Lipinski definition) is 6. The molecule has 0 saturated carbocycles. The Labute approximate surface area is 197 Å². The molecule has 3 aromatic rings. The molecular formula is C25H24F2O6S. The molecule has 3 aromatic carbocycles. The zero-order valence-electron chi connectivity index (χ0n) is 19.1. The minimum Gasteiger partial charge on any atom is -0.494 e. The number of ether oxygens (including phenoxy) is 4. The van der Waals surface area contributed by atoms with Crippen LogP contribution in [0, 0.1) is 11.6 Å². The summed E-state index contributed by atoms with van der Waals surface area (Å²) in [4.78, 5) is -0.241. The Morgan fingerprint density at radius 3 is 2.00 bits per heavy atom. The summed E-state index contributed by atoms with van der Waals surface area (Å²) in [6.45, 7) is 0. The molecule has 0 N–H and O–H groups in total. The molecule has 9 heteroatoms. The average Bonchev–Trinajstić information content (AvgIpc) is 2.83. The molecule has 0 bridgehead atoms. The first-order valence-electron chi connectivity index (χ1n) is 10.1. The van der Waals surface area contributed by atoms with E-state index in [1.807, 2.05) is 0 Å². The van der Waals surface area contributed by atoms with E-state index in [2.05, 4.69) is 0 Å². The van der Waals surface area contributed by atoms with Gasteiger partial charge in [0.15, 0.2) is 32.9 Å². The van der Waals surface area contributed by atoms with Gasteiger partial charge in [0, 0.05) is 5.56 Å². The molecule has 0 unspecified atom stereocenters. The van der Waals surface area contributed by atoms with E-state index in [-0.39, 0.29) is 16.2 Å². The average molecular weight is 491 g/mol. The molecule has 0 atom stereocenters. The minimum atomic E-state index is -4.05. The third-order valence-electron chi connectivity index (χ3n) is 5.10. The van der Waals surface area contributed by atoms with Crippen LogP contribution in [0.3, 0.4) is 0 Å². The number of methoxy groups -OCH3 is 4. The Morgan fingerprint density at radius 2 is 1.44 bits per heavy atom. The van der Waals surface area contributed by atoms with E-state index >= 15 is 4.39 Å². The van der Waals surface area contributed by atoms with Gasteiger partial charge in [0.25, 0.3) is 0 Å². The van der Waals surface area contributed by atoms with E-state index in [0.717, 1.165) is 12.1 Å². The van der Waals surface area contributed by atoms with Crippen molar-refractivity contribution in [3.8, 4) is 23.0 Å². The monoisotopic (exact) mass is 490 g/mol. The summed E-state index contributed by atoms with van der Waals surface area (Å²) in [7, 11) is 1.70.